The van der Waals surface area contributed by atoms with Crippen molar-refractivity contribution in [3.8, 4) is 0 Å². The van der Waals surface area contributed by atoms with E-state index in [0.717, 1.165) is 0 Å². The molecule has 0 aromatic heterocycles. The molecule has 0 rings (SSSR count). The monoisotopic (exact) mass is 186 g/mol. The van der Waals surface area contributed by atoms with E-state index in [9.17, 15) is 19.2 Å². The zero-order chi connectivity index (χ0) is 10.4. The summed E-state index contributed by atoms with van der Waals surface area (Å²) in [5, 5.41) is 0. The molecule has 0 aromatic rings. The van der Waals surface area contributed by atoms with Gasteiger partial charge in [-0.3, -0.25) is 9.59 Å². The van der Waals surface area contributed by atoms with Crippen LogP contribution in [-0.2, 0) is 23.9 Å². The molecule has 0 heterocycles. The van der Waals surface area contributed by atoms with E-state index >= 15 is 0 Å². The average molecular weight is 186 g/mol. The summed E-state index contributed by atoms with van der Waals surface area (Å²) >= 11 is 0. The van der Waals surface area contributed by atoms with Gasteiger partial charge in [-0.2, -0.15) is 0 Å². The van der Waals surface area contributed by atoms with Gasteiger partial charge < -0.3 is 14.3 Å². The van der Waals surface area contributed by atoms with Crippen LogP contribution in [0.4, 0.5) is 0 Å². The van der Waals surface area contributed by atoms with Crippen molar-refractivity contribution in [2.45, 2.75) is 13.8 Å². The van der Waals surface area contributed by atoms with Crippen molar-refractivity contribution in [1.82, 2.24) is 0 Å². The van der Waals surface area contributed by atoms with Crippen molar-refractivity contribution in [2.24, 2.45) is 11.8 Å². The molecule has 0 N–H and O–H groups in total. The molecule has 0 aliphatic rings. The fourth-order valence-electron chi connectivity index (χ4n) is 0.396. The zero-order valence-electron chi connectivity index (χ0n) is 7.35. The highest BCUT2D eigenvalue weighted by molar-refractivity contribution is 5.98. The van der Waals surface area contributed by atoms with Gasteiger partial charge in [0, 0.05) is 0 Å². The number of hydrogen-bond acceptors (Lipinski definition) is 5. The predicted molar refractivity (Wildman–Crippen MR) is 41.6 cm³/mol. The van der Waals surface area contributed by atoms with Gasteiger partial charge in [-0.1, -0.05) is 0 Å². The van der Waals surface area contributed by atoms with Crippen molar-refractivity contribution in [1.29, 1.82) is 0 Å². The Morgan fingerprint density at radius 2 is 1.31 bits per heavy atom. The summed E-state index contributed by atoms with van der Waals surface area (Å²) < 4.78 is 4.22. The van der Waals surface area contributed by atoms with Crippen LogP contribution in [-0.4, -0.2) is 24.5 Å². The van der Waals surface area contributed by atoms with E-state index < -0.39 is 23.8 Å². The van der Waals surface area contributed by atoms with Crippen LogP contribution in [0.3, 0.4) is 0 Å². The normalized spacial score (nSPS) is 14.0. The number of ether oxygens (including phenoxy) is 1. The molecule has 5 heteroatoms. The SMILES string of the molecule is CC(C=O)C(=O)OC(=O)C(C)C=O. The summed E-state index contributed by atoms with van der Waals surface area (Å²) in [7, 11) is 0. The second-order valence-corrected chi connectivity index (χ2v) is 2.59. The van der Waals surface area contributed by atoms with Crippen LogP contribution in [0.25, 0.3) is 0 Å². The molecule has 13 heavy (non-hydrogen) atoms. The van der Waals surface area contributed by atoms with E-state index in [4.69, 9.17) is 0 Å². The Kier molecular flexibility index (Phi) is 4.58. The molecule has 0 aromatic carbocycles. The topological polar surface area (TPSA) is 77.5 Å². The van der Waals surface area contributed by atoms with Gasteiger partial charge >= 0.3 is 11.9 Å². The van der Waals surface area contributed by atoms with Crippen molar-refractivity contribution < 1.29 is 23.9 Å². The van der Waals surface area contributed by atoms with E-state index in [-0.39, 0.29) is 0 Å². The van der Waals surface area contributed by atoms with Crippen LogP contribution in [0.1, 0.15) is 13.8 Å². The molecule has 5 nitrogen and oxygen atoms in total. The first-order chi connectivity index (χ1) is 6.02. The fourth-order valence-corrected chi connectivity index (χ4v) is 0.396. The van der Waals surface area contributed by atoms with E-state index in [1.54, 1.807) is 0 Å². The predicted octanol–water partition coefficient (Wildman–Crippen LogP) is -0.274. The molecule has 0 amide bonds. The average Bonchev–Trinajstić information content (AvgIpc) is 2.14. The van der Waals surface area contributed by atoms with Crippen LogP contribution in [0.2, 0.25) is 0 Å². The Morgan fingerprint density at radius 3 is 1.54 bits per heavy atom. The number of carbonyl (C=O) groups excluding carboxylic acids is 4. The van der Waals surface area contributed by atoms with Crippen molar-refractivity contribution >= 4 is 24.5 Å². The second-order valence-electron chi connectivity index (χ2n) is 2.59. The highest BCUT2D eigenvalue weighted by Crippen LogP contribution is 1.99. The number of aldehydes is 2. The summed E-state index contributed by atoms with van der Waals surface area (Å²) in [5.74, 6) is -3.84. The molecule has 72 valence electrons. The molecule has 0 bridgehead atoms. The van der Waals surface area contributed by atoms with Crippen molar-refractivity contribution in [3.63, 3.8) is 0 Å². The maximum absolute atomic E-state index is 10.8. The number of esters is 2. The molecule has 0 aliphatic carbocycles. The van der Waals surface area contributed by atoms with Gasteiger partial charge in [0.2, 0.25) is 0 Å². The lowest BCUT2D eigenvalue weighted by Gasteiger charge is -2.05. The van der Waals surface area contributed by atoms with Crippen LogP contribution < -0.4 is 0 Å². The van der Waals surface area contributed by atoms with E-state index in [0.29, 0.717) is 12.6 Å². The van der Waals surface area contributed by atoms with Gasteiger partial charge in [0.1, 0.15) is 24.4 Å². The molecule has 0 aliphatic heterocycles. The Morgan fingerprint density at radius 1 is 1.00 bits per heavy atom. The molecule has 0 fully saturated rings. The summed E-state index contributed by atoms with van der Waals surface area (Å²) in [6.45, 7) is 2.60. The molecule has 2 unspecified atom stereocenters. The summed E-state index contributed by atoms with van der Waals surface area (Å²) in [6.07, 6.45) is 0.725. The molecule has 2 atom stereocenters. The Balaban J connectivity index is 4.13. The number of rotatable bonds is 4. The van der Waals surface area contributed by atoms with E-state index in [2.05, 4.69) is 4.74 Å². The smallest absolute Gasteiger partial charge is 0.323 e. The molecule has 0 spiro atoms. The zero-order valence-corrected chi connectivity index (χ0v) is 7.35. The Bertz CT molecular complexity index is 209. The molecular weight excluding hydrogens is 176 g/mol. The quantitative estimate of drug-likeness (QED) is 0.343. The van der Waals surface area contributed by atoms with Gasteiger partial charge in [-0.25, -0.2) is 0 Å². The number of carbonyl (C=O) groups is 4. The van der Waals surface area contributed by atoms with Gasteiger partial charge in [0.05, 0.1) is 0 Å². The first-order valence-electron chi connectivity index (χ1n) is 3.69. The molecule has 0 radical (unpaired) electrons. The fraction of sp³-hybridized carbons (Fsp3) is 0.500. The van der Waals surface area contributed by atoms with Crippen LogP contribution in [0, 0.1) is 11.8 Å². The van der Waals surface area contributed by atoms with E-state index in [1.165, 1.54) is 13.8 Å². The minimum absolute atomic E-state index is 0.362. The third kappa shape index (κ3) is 3.59. The van der Waals surface area contributed by atoms with Crippen LogP contribution in [0.5, 0.6) is 0 Å². The lowest BCUT2D eigenvalue weighted by Crippen LogP contribution is -2.24. The molecule has 0 saturated carbocycles. The van der Waals surface area contributed by atoms with Gasteiger partial charge in [-0.15, -0.1) is 0 Å². The summed E-state index contributed by atoms with van der Waals surface area (Å²) in [6, 6.07) is 0. The number of hydrogen-bond donors (Lipinski definition) is 0. The first kappa shape index (κ1) is 11.5. The molecular formula is C8H10O5. The van der Waals surface area contributed by atoms with Crippen LogP contribution >= 0.6 is 0 Å². The Hall–Kier alpha value is -1.52. The lowest BCUT2D eigenvalue weighted by molar-refractivity contribution is -0.164. The van der Waals surface area contributed by atoms with Crippen molar-refractivity contribution in [2.75, 3.05) is 0 Å². The highest BCUT2D eigenvalue weighted by atomic mass is 16.6. The van der Waals surface area contributed by atoms with Gasteiger partial charge in [0.15, 0.2) is 0 Å². The maximum atomic E-state index is 10.8. The first-order valence-corrected chi connectivity index (χ1v) is 3.69. The minimum atomic E-state index is -0.984. The third-order valence-electron chi connectivity index (χ3n) is 1.35. The van der Waals surface area contributed by atoms with Crippen molar-refractivity contribution in [3.05, 3.63) is 0 Å². The highest BCUT2D eigenvalue weighted by Gasteiger charge is 2.21. The Labute approximate surface area is 75.1 Å². The van der Waals surface area contributed by atoms with Gasteiger partial charge in [0.25, 0.3) is 0 Å². The third-order valence-corrected chi connectivity index (χ3v) is 1.35. The summed E-state index contributed by atoms with van der Waals surface area (Å²) in [5.41, 5.74) is 0. The van der Waals surface area contributed by atoms with Crippen LogP contribution in [0.15, 0.2) is 0 Å². The lowest BCUT2D eigenvalue weighted by atomic mass is 10.2. The minimum Gasteiger partial charge on any atom is -0.392 e. The van der Waals surface area contributed by atoms with Gasteiger partial charge in [-0.05, 0) is 13.8 Å². The largest absolute Gasteiger partial charge is 0.392 e. The second kappa shape index (κ2) is 5.18. The standard InChI is InChI=1S/C8H10O5/c1-5(3-9)7(11)13-8(12)6(2)4-10/h3-6H,1-2H3. The van der Waals surface area contributed by atoms with E-state index in [1.807, 2.05) is 0 Å². The maximum Gasteiger partial charge on any atom is 0.323 e. The summed E-state index contributed by atoms with van der Waals surface area (Å²) in [4.78, 5) is 41.8. The molecule has 0 saturated heterocycles.